The highest BCUT2D eigenvalue weighted by Crippen LogP contribution is 2.30. The summed E-state index contributed by atoms with van der Waals surface area (Å²) in [6.07, 6.45) is -4.03. The number of halogens is 3. The molecule has 1 fully saturated rings. The Morgan fingerprint density at radius 3 is 2.74 bits per heavy atom. The second kappa shape index (κ2) is 11.4. The molecule has 0 bridgehead atoms. The van der Waals surface area contributed by atoms with E-state index in [-0.39, 0.29) is 25.7 Å². The molecule has 1 aliphatic rings. The molecule has 2 aromatic rings. The summed E-state index contributed by atoms with van der Waals surface area (Å²) < 4.78 is 48.8. The van der Waals surface area contributed by atoms with Crippen LogP contribution in [0.25, 0.3) is 11.4 Å². The lowest BCUT2D eigenvalue weighted by atomic mass is 9.87. The van der Waals surface area contributed by atoms with Gasteiger partial charge in [0.1, 0.15) is 11.4 Å². The number of hydrogen-bond acceptors (Lipinski definition) is 7. The molecule has 2 atom stereocenters. The molecule has 192 valence electrons. The zero-order valence-corrected chi connectivity index (χ0v) is 19.5. The first-order valence-electron chi connectivity index (χ1n) is 11.3. The number of aryl methyl sites for hydroxylation is 2. The van der Waals surface area contributed by atoms with Crippen LogP contribution in [0.15, 0.2) is 12.1 Å². The largest absolute Gasteiger partial charge is 0.489 e. The van der Waals surface area contributed by atoms with E-state index < -0.39 is 30.6 Å². The van der Waals surface area contributed by atoms with Gasteiger partial charge in [-0.05, 0) is 51.2 Å². The molecule has 1 saturated carbocycles. The number of hydrogen-bond donors (Lipinski definition) is 2. The van der Waals surface area contributed by atoms with Gasteiger partial charge in [-0.2, -0.15) is 13.2 Å². The van der Waals surface area contributed by atoms with Gasteiger partial charge in [0.15, 0.2) is 0 Å². The van der Waals surface area contributed by atoms with E-state index in [9.17, 15) is 27.9 Å². The van der Waals surface area contributed by atoms with E-state index in [1.807, 2.05) is 0 Å². The number of pyridine rings is 1. The van der Waals surface area contributed by atoms with Crippen molar-refractivity contribution in [3.63, 3.8) is 0 Å². The number of rotatable bonds is 9. The minimum absolute atomic E-state index is 0.0193. The molecule has 2 aromatic heterocycles. The number of ether oxygens (including phenoxy) is 2. The fourth-order valence-corrected chi connectivity index (χ4v) is 3.88. The second-order valence-electron chi connectivity index (χ2n) is 8.44. The molecule has 35 heavy (non-hydrogen) atoms. The van der Waals surface area contributed by atoms with Gasteiger partial charge in [0, 0.05) is 13.5 Å². The average molecular weight is 499 g/mol. The summed E-state index contributed by atoms with van der Waals surface area (Å²) in [6, 6.07) is 3.44. The predicted octanol–water partition coefficient (Wildman–Crippen LogP) is 3.78. The molecule has 10 nitrogen and oxygen atoms in total. The molecule has 2 N–H and O–H groups in total. The van der Waals surface area contributed by atoms with E-state index in [2.05, 4.69) is 20.6 Å². The van der Waals surface area contributed by atoms with Crippen molar-refractivity contribution in [1.82, 2.24) is 25.3 Å². The molecule has 2 heterocycles. The molecule has 3 rings (SSSR count). The van der Waals surface area contributed by atoms with Gasteiger partial charge in [0.2, 0.25) is 0 Å². The number of carbonyl (C=O) groups is 2. The van der Waals surface area contributed by atoms with Crippen molar-refractivity contribution in [2.24, 2.45) is 13.0 Å². The summed E-state index contributed by atoms with van der Waals surface area (Å²) in [5, 5.41) is 19.8. The van der Waals surface area contributed by atoms with E-state index in [1.165, 1.54) is 4.68 Å². The van der Waals surface area contributed by atoms with Crippen LogP contribution >= 0.6 is 0 Å². The molecule has 1 amide bonds. The third-order valence-corrected chi connectivity index (χ3v) is 5.73. The Bertz CT molecular complexity index is 1040. The number of nitrogens with one attached hydrogen (secondary N) is 1. The monoisotopic (exact) mass is 499 g/mol. The lowest BCUT2D eigenvalue weighted by molar-refractivity contribution is -0.144. The summed E-state index contributed by atoms with van der Waals surface area (Å²) in [5.41, 5.74) is 2.02. The smallest absolute Gasteiger partial charge is 0.407 e. The van der Waals surface area contributed by atoms with Gasteiger partial charge in [-0.15, -0.1) is 5.10 Å². The maximum Gasteiger partial charge on any atom is 0.407 e. The normalized spacial score (nSPS) is 18.2. The summed E-state index contributed by atoms with van der Waals surface area (Å²) in [7, 11) is 1.63. The van der Waals surface area contributed by atoms with E-state index >= 15 is 0 Å². The molecule has 0 unspecified atom stereocenters. The van der Waals surface area contributed by atoms with Gasteiger partial charge < -0.3 is 19.9 Å². The average Bonchev–Trinajstić information content (AvgIpc) is 3.16. The zero-order valence-electron chi connectivity index (χ0n) is 19.5. The number of carbonyl (C=O) groups excluding carboxylic acids is 1. The van der Waals surface area contributed by atoms with Crippen molar-refractivity contribution in [3.8, 4) is 17.1 Å². The lowest BCUT2D eigenvalue weighted by Gasteiger charge is -2.27. The van der Waals surface area contributed by atoms with Crippen molar-refractivity contribution in [2.45, 2.75) is 64.3 Å². The number of carboxylic acid groups (broad SMARTS) is 1. The quantitative estimate of drug-likeness (QED) is 0.499. The van der Waals surface area contributed by atoms with Crippen LogP contribution in [0.2, 0.25) is 0 Å². The van der Waals surface area contributed by atoms with Crippen LogP contribution in [-0.2, 0) is 23.1 Å². The maximum absolute atomic E-state index is 12.2. The Hall–Kier alpha value is -3.38. The topological polar surface area (TPSA) is 128 Å². The first-order chi connectivity index (χ1) is 16.5. The van der Waals surface area contributed by atoms with Crippen LogP contribution < -0.4 is 10.1 Å². The van der Waals surface area contributed by atoms with Gasteiger partial charge in [-0.25, -0.2) is 14.5 Å². The van der Waals surface area contributed by atoms with Gasteiger partial charge >= 0.3 is 18.2 Å². The van der Waals surface area contributed by atoms with Gasteiger partial charge in [0.05, 0.1) is 42.3 Å². The second-order valence-corrected chi connectivity index (χ2v) is 8.44. The summed E-state index contributed by atoms with van der Waals surface area (Å²) >= 11 is 0. The van der Waals surface area contributed by atoms with E-state index in [1.54, 1.807) is 26.1 Å². The standard InChI is InChI=1S/C22H28F3N5O5/c1-13-18(35-15-6-3-5-14(11-15)20(31)32)8-7-16(27-13)19-17(30(2)29-28-19)12-26-21(33)34-10-4-9-22(23,24)25/h7-8,14-15H,3-6,9-12H2,1-2H3,(H,26,33)(H,31,32)/t14-,15-/m0/s1. The Morgan fingerprint density at radius 1 is 1.29 bits per heavy atom. The van der Waals surface area contributed by atoms with Crippen LogP contribution in [0, 0.1) is 12.8 Å². The van der Waals surface area contributed by atoms with Gasteiger partial charge in [-0.3, -0.25) is 4.79 Å². The molecule has 0 aliphatic heterocycles. The highest BCUT2D eigenvalue weighted by Gasteiger charge is 2.29. The van der Waals surface area contributed by atoms with Crippen LogP contribution in [0.3, 0.4) is 0 Å². The van der Waals surface area contributed by atoms with Crippen molar-refractivity contribution in [1.29, 1.82) is 0 Å². The molecule has 1 aliphatic carbocycles. The molecule has 0 spiro atoms. The molecular weight excluding hydrogens is 471 g/mol. The van der Waals surface area contributed by atoms with Crippen molar-refractivity contribution in [2.75, 3.05) is 6.61 Å². The number of nitrogens with zero attached hydrogens (tertiary/aromatic N) is 4. The number of aliphatic carboxylic acids is 1. The summed E-state index contributed by atoms with van der Waals surface area (Å²) in [4.78, 5) is 27.7. The minimum Gasteiger partial charge on any atom is -0.489 e. The third kappa shape index (κ3) is 7.55. The molecule has 13 heteroatoms. The van der Waals surface area contributed by atoms with E-state index in [0.29, 0.717) is 41.4 Å². The highest BCUT2D eigenvalue weighted by molar-refractivity contribution is 5.70. The number of carboxylic acids is 1. The van der Waals surface area contributed by atoms with E-state index in [4.69, 9.17) is 9.47 Å². The van der Waals surface area contributed by atoms with Crippen LogP contribution in [0.1, 0.15) is 49.9 Å². The summed E-state index contributed by atoms with van der Waals surface area (Å²) in [5.74, 6) is -0.666. The first-order valence-corrected chi connectivity index (χ1v) is 11.3. The maximum atomic E-state index is 12.2. The fraction of sp³-hybridized carbons (Fsp3) is 0.591. The minimum atomic E-state index is -4.29. The van der Waals surface area contributed by atoms with E-state index in [0.717, 1.165) is 12.8 Å². The van der Waals surface area contributed by atoms with Crippen LogP contribution in [-0.4, -0.2) is 56.0 Å². The van der Waals surface area contributed by atoms with Gasteiger partial charge in [-0.1, -0.05) is 5.21 Å². The first kappa shape index (κ1) is 26.2. The SMILES string of the molecule is Cc1nc(-c2nnn(C)c2CNC(=O)OCCCC(F)(F)F)ccc1O[C@H]1CCC[C@H](C(=O)O)C1. The number of alkyl carbamates (subject to hydrolysis) is 1. The fourth-order valence-electron chi connectivity index (χ4n) is 3.88. The Morgan fingerprint density at radius 2 is 2.06 bits per heavy atom. The number of alkyl halides is 3. The van der Waals surface area contributed by atoms with Crippen molar-refractivity contribution in [3.05, 3.63) is 23.5 Å². The van der Waals surface area contributed by atoms with Crippen LogP contribution in [0.4, 0.5) is 18.0 Å². The Kier molecular flexibility index (Phi) is 8.52. The molecule has 0 radical (unpaired) electrons. The lowest BCUT2D eigenvalue weighted by Crippen LogP contribution is -2.29. The van der Waals surface area contributed by atoms with Crippen molar-refractivity contribution < 1.29 is 37.3 Å². The molecule has 0 aromatic carbocycles. The molecular formula is C22H28F3N5O5. The zero-order chi connectivity index (χ0) is 25.6. The summed E-state index contributed by atoms with van der Waals surface area (Å²) in [6.45, 7) is 1.40. The highest BCUT2D eigenvalue weighted by atomic mass is 19.4. The van der Waals surface area contributed by atoms with Crippen molar-refractivity contribution >= 4 is 12.1 Å². The Balaban J connectivity index is 1.60. The van der Waals surface area contributed by atoms with Crippen LogP contribution in [0.5, 0.6) is 5.75 Å². The Labute approximate surface area is 199 Å². The number of aromatic nitrogens is 4. The third-order valence-electron chi connectivity index (χ3n) is 5.73. The van der Waals surface area contributed by atoms with Gasteiger partial charge in [0.25, 0.3) is 0 Å². The predicted molar refractivity (Wildman–Crippen MR) is 116 cm³/mol. The molecule has 0 saturated heterocycles. The number of amides is 1.